The van der Waals surface area contributed by atoms with Crippen molar-refractivity contribution in [1.29, 1.82) is 0 Å². The van der Waals surface area contributed by atoms with Gasteiger partial charge in [0.05, 0.1) is 0 Å². The molecule has 4 heteroatoms. The van der Waals surface area contributed by atoms with E-state index in [0.717, 1.165) is 5.57 Å². The normalized spacial score (nSPS) is 18.5. The van der Waals surface area contributed by atoms with Gasteiger partial charge in [-0.3, -0.25) is 0 Å². The van der Waals surface area contributed by atoms with E-state index in [-0.39, 0.29) is 0 Å². The lowest BCUT2D eigenvalue weighted by atomic mass is 10.2. The first-order chi connectivity index (χ1) is 7.75. The molecule has 16 heavy (non-hydrogen) atoms. The molecule has 1 aliphatic carbocycles. The van der Waals surface area contributed by atoms with E-state index >= 15 is 0 Å². The third-order valence-electron chi connectivity index (χ3n) is 1.92. The first kappa shape index (κ1) is 11.1. The van der Waals surface area contributed by atoms with Crippen LogP contribution in [-0.2, 0) is 0 Å². The van der Waals surface area contributed by atoms with Crippen LogP contribution in [0, 0.1) is 0 Å². The Balaban J connectivity index is 2.43. The van der Waals surface area contributed by atoms with Gasteiger partial charge in [0.1, 0.15) is 10.3 Å². The zero-order chi connectivity index (χ0) is 11.4. The summed E-state index contributed by atoms with van der Waals surface area (Å²) >= 11 is 11.6. The van der Waals surface area contributed by atoms with Gasteiger partial charge in [-0.2, -0.15) is 0 Å². The van der Waals surface area contributed by atoms with Crippen LogP contribution in [-0.4, -0.2) is 9.97 Å². The lowest BCUT2D eigenvalue weighted by Gasteiger charge is -2.02. The molecular weight excluding hydrogens is 243 g/mol. The van der Waals surface area contributed by atoms with Crippen molar-refractivity contribution in [3.05, 3.63) is 64.7 Å². The summed E-state index contributed by atoms with van der Waals surface area (Å²) in [5.74, 6) is 0.522. The number of allylic oxidation sites excluding steroid dienone is 8. The first-order valence-corrected chi connectivity index (χ1v) is 5.43. The van der Waals surface area contributed by atoms with Crippen molar-refractivity contribution >= 4 is 28.8 Å². The molecule has 0 N–H and O–H groups in total. The maximum atomic E-state index is 5.82. The van der Waals surface area contributed by atoms with Crippen molar-refractivity contribution in [1.82, 2.24) is 9.97 Å². The predicted molar refractivity (Wildman–Crippen MR) is 67.4 cm³/mol. The van der Waals surface area contributed by atoms with Gasteiger partial charge < -0.3 is 0 Å². The summed E-state index contributed by atoms with van der Waals surface area (Å²) in [7, 11) is 0. The Bertz CT molecular complexity index is 494. The van der Waals surface area contributed by atoms with Crippen LogP contribution >= 0.6 is 23.2 Å². The zero-order valence-corrected chi connectivity index (χ0v) is 9.78. The van der Waals surface area contributed by atoms with Gasteiger partial charge in [-0.25, -0.2) is 9.97 Å². The maximum Gasteiger partial charge on any atom is 0.162 e. The van der Waals surface area contributed by atoms with Crippen molar-refractivity contribution in [2.75, 3.05) is 0 Å². The largest absolute Gasteiger partial charge is 0.216 e. The Morgan fingerprint density at radius 2 is 1.44 bits per heavy atom. The predicted octanol–water partition coefficient (Wildman–Crippen LogP) is 3.85. The minimum Gasteiger partial charge on any atom is -0.216 e. The van der Waals surface area contributed by atoms with Crippen LogP contribution in [0.4, 0.5) is 0 Å². The summed E-state index contributed by atoms with van der Waals surface area (Å²) in [4.78, 5) is 8.24. The summed E-state index contributed by atoms with van der Waals surface area (Å²) in [6.45, 7) is 0. The lowest BCUT2D eigenvalue weighted by molar-refractivity contribution is 1.12. The average molecular weight is 251 g/mol. The second-order valence-electron chi connectivity index (χ2n) is 3.09. The van der Waals surface area contributed by atoms with Crippen LogP contribution in [0.2, 0.25) is 10.3 Å². The van der Waals surface area contributed by atoms with Crippen molar-refractivity contribution in [2.24, 2.45) is 0 Å². The topological polar surface area (TPSA) is 25.8 Å². The molecular formula is C12H8Cl2N2. The molecule has 0 spiro atoms. The zero-order valence-electron chi connectivity index (χ0n) is 8.27. The first-order valence-electron chi connectivity index (χ1n) is 4.68. The second-order valence-corrected chi connectivity index (χ2v) is 3.86. The highest BCUT2D eigenvalue weighted by atomic mass is 35.5. The number of nitrogens with zero attached hydrogens (tertiary/aromatic N) is 2. The van der Waals surface area contributed by atoms with Gasteiger partial charge in [0.25, 0.3) is 0 Å². The summed E-state index contributed by atoms with van der Waals surface area (Å²) in [6.07, 6.45) is 13.4. The van der Waals surface area contributed by atoms with Crippen LogP contribution in [0.25, 0.3) is 5.57 Å². The molecule has 2 rings (SSSR count). The fourth-order valence-corrected chi connectivity index (χ4v) is 1.66. The highest BCUT2D eigenvalue weighted by Crippen LogP contribution is 2.18. The van der Waals surface area contributed by atoms with E-state index in [1.165, 1.54) is 6.07 Å². The molecule has 0 aromatic carbocycles. The monoisotopic (exact) mass is 250 g/mol. The minimum atomic E-state index is 0.339. The molecule has 0 atom stereocenters. The standard InChI is InChI=1S/C12H8Cl2N2/c13-10-8-11(14)16-12(15-10)9-6-4-2-1-3-5-7-9/h1-8H/b2-1-,3-1?,4-2?,5-3-,6-4?,7-5?,9-6?,9-7?. The van der Waals surface area contributed by atoms with Gasteiger partial charge >= 0.3 is 0 Å². The molecule has 0 bridgehead atoms. The summed E-state index contributed by atoms with van der Waals surface area (Å²) in [5.41, 5.74) is 0.866. The van der Waals surface area contributed by atoms with Gasteiger partial charge in [0.2, 0.25) is 0 Å². The smallest absolute Gasteiger partial charge is 0.162 e. The third-order valence-corrected chi connectivity index (χ3v) is 2.31. The van der Waals surface area contributed by atoms with E-state index in [0.29, 0.717) is 16.1 Å². The third kappa shape index (κ3) is 2.81. The molecule has 1 aromatic rings. The molecule has 1 heterocycles. The van der Waals surface area contributed by atoms with Crippen molar-refractivity contribution in [2.45, 2.75) is 0 Å². The van der Waals surface area contributed by atoms with Gasteiger partial charge in [-0.1, -0.05) is 65.7 Å². The van der Waals surface area contributed by atoms with Crippen LogP contribution < -0.4 is 0 Å². The molecule has 0 radical (unpaired) electrons. The van der Waals surface area contributed by atoms with E-state index in [1.807, 2.05) is 42.5 Å². The number of halogens is 2. The Morgan fingerprint density at radius 1 is 0.812 bits per heavy atom. The van der Waals surface area contributed by atoms with Gasteiger partial charge in [0.15, 0.2) is 5.82 Å². The van der Waals surface area contributed by atoms with Crippen molar-refractivity contribution in [3.8, 4) is 0 Å². The number of hydrogen-bond acceptors (Lipinski definition) is 2. The highest BCUT2D eigenvalue weighted by molar-refractivity contribution is 6.33. The van der Waals surface area contributed by atoms with Gasteiger partial charge in [-0.05, 0) is 0 Å². The molecule has 80 valence electrons. The fraction of sp³-hybridized carbons (Fsp3) is 0. The summed E-state index contributed by atoms with van der Waals surface area (Å²) in [5, 5.41) is 0.678. The van der Waals surface area contributed by atoms with E-state index < -0.39 is 0 Å². The maximum absolute atomic E-state index is 5.82. The van der Waals surface area contributed by atoms with Crippen LogP contribution in [0.3, 0.4) is 0 Å². The van der Waals surface area contributed by atoms with E-state index in [1.54, 1.807) is 0 Å². The Kier molecular flexibility index (Phi) is 3.54. The Hall–Kier alpha value is -1.38. The Labute approximate surface area is 104 Å². The summed E-state index contributed by atoms with van der Waals surface area (Å²) < 4.78 is 0. The van der Waals surface area contributed by atoms with E-state index in [9.17, 15) is 0 Å². The number of hydrogen-bond donors (Lipinski definition) is 0. The quantitative estimate of drug-likeness (QED) is 0.708. The van der Waals surface area contributed by atoms with Crippen LogP contribution in [0.15, 0.2) is 48.6 Å². The second kappa shape index (κ2) is 5.10. The minimum absolute atomic E-state index is 0.339. The molecule has 1 aromatic heterocycles. The number of aromatic nitrogens is 2. The van der Waals surface area contributed by atoms with Crippen molar-refractivity contribution in [3.63, 3.8) is 0 Å². The molecule has 0 saturated carbocycles. The molecule has 0 amide bonds. The molecule has 0 saturated heterocycles. The molecule has 1 aliphatic rings. The fourth-order valence-electron chi connectivity index (χ4n) is 1.23. The van der Waals surface area contributed by atoms with Crippen LogP contribution in [0.1, 0.15) is 5.82 Å². The molecule has 0 unspecified atom stereocenters. The summed E-state index contributed by atoms with van der Waals surface area (Å²) in [6, 6.07) is 1.51. The highest BCUT2D eigenvalue weighted by Gasteiger charge is 2.04. The van der Waals surface area contributed by atoms with Gasteiger partial charge in [0, 0.05) is 11.6 Å². The van der Waals surface area contributed by atoms with E-state index in [4.69, 9.17) is 23.2 Å². The van der Waals surface area contributed by atoms with Gasteiger partial charge in [-0.15, -0.1) is 0 Å². The molecule has 0 aliphatic heterocycles. The lowest BCUT2D eigenvalue weighted by Crippen LogP contribution is -1.93. The van der Waals surface area contributed by atoms with Crippen molar-refractivity contribution < 1.29 is 0 Å². The SMILES string of the molecule is Clc1cc(Cl)nc(C2=C/C=C\C=C/C=C2)n1. The van der Waals surface area contributed by atoms with Crippen LogP contribution in [0.5, 0.6) is 0 Å². The molecule has 0 fully saturated rings. The average Bonchev–Trinajstić information content (AvgIpc) is 2.14. The Morgan fingerprint density at radius 3 is 2.19 bits per heavy atom. The molecule has 2 nitrogen and oxygen atoms in total. The van der Waals surface area contributed by atoms with E-state index in [2.05, 4.69) is 9.97 Å². The number of rotatable bonds is 1.